The minimum Gasteiger partial charge on any atom is -0.481 e. The van der Waals surface area contributed by atoms with E-state index in [4.69, 9.17) is 0 Å². The highest BCUT2D eigenvalue weighted by Gasteiger charge is 2.39. The number of hydrogen-bond acceptors (Lipinski definition) is 3. The Hall–Kier alpha value is -1.31. The van der Waals surface area contributed by atoms with Gasteiger partial charge in [0.05, 0.1) is 12.0 Å². The lowest BCUT2D eigenvalue weighted by atomic mass is 9.74. The summed E-state index contributed by atoms with van der Waals surface area (Å²) in [4.78, 5) is 22.9. The number of carbonyl (C=O) groups is 2. The molecule has 8 heteroatoms. The summed E-state index contributed by atoms with van der Waals surface area (Å²) < 4.78 is 39.8. The summed E-state index contributed by atoms with van der Waals surface area (Å²) in [6, 6.07) is 0. The fraction of sp³-hybridized carbons (Fsp3) is 0.846. The second-order valence-corrected chi connectivity index (χ2v) is 5.34. The Bertz CT molecular complexity index is 365. The van der Waals surface area contributed by atoms with Crippen molar-refractivity contribution in [3.05, 3.63) is 0 Å². The third-order valence-electron chi connectivity index (χ3n) is 3.63. The zero-order chi connectivity index (χ0) is 15.9. The average molecular weight is 311 g/mol. The molecule has 21 heavy (non-hydrogen) atoms. The summed E-state index contributed by atoms with van der Waals surface area (Å²) in [5.41, 5.74) is -0.944. The van der Waals surface area contributed by atoms with Crippen LogP contribution in [0.3, 0.4) is 0 Å². The number of rotatable bonds is 7. The van der Waals surface area contributed by atoms with E-state index < -0.39 is 30.1 Å². The maximum Gasteiger partial charge on any atom is 0.411 e. The average Bonchev–Trinajstić information content (AvgIpc) is 2.41. The minimum atomic E-state index is -4.41. The van der Waals surface area contributed by atoms with Crippen LogP contribution < -0.4 is 5.32 Å². The van der Waals surface area contributed by atoms with Gasteiger partial charge >= 0.3 is 12.1 Å². The fourth-order valence-corrected chi connectivity index (χ4v) is 2.40. The van der Waals surface area contributed by atoms with Gasteiger partial charge in [-0.1, -0.05) is 19.3 Å². The molecule has 0 aromatic heterocycles. The first kappa shape index (κ1) is 17.7. The smallest absolute Gasteiger partial charge is 0.411 e. The van der Waals surface area contributed by atoms with Crippen LogP contribution in [0.4, 0.5) is 13.2 Å². The lowest BCUT2D eigenvalue weighted by Crippen LogP contribution is -2.44. The molecule has 1 amide bonds. The van der Waals surface area contributed by atoms with E-state index in [1.807, 2.05) is 0 Å². The standard InChI is InChI=1S/C13H20F3NO4/c14-13(15,16)9-21-7-4-10(18)17-8-12(11(19)20)5-2-1-3-6-12/h1-9H2,(H,17,18)(H,19,20). The molecule has 2 N–H and O–H groups in total. The Morgan fingerprint density at radius 3 is 2.33 bits per heavy atom. The highest BCUT2D eigenvalue weighted by Crippen LogP contribution is 2.35. The van der Waals surface area contributed by atoms with Gasteiger partial charge in [-0.3, -0.25) is 9.59 Å². The number of amides is 1. The normalized spacial score (nSPS) is 18.2. The highest BCUT2D eigenvalue weighted by atomic mass is 19.4. The first-order chi connectivity index (χ1) is 9.75. The Kier molecular flexibility index (Phi) is 6.44. The van der Waals surface area contributed by atoms with Crippen molar-refractivity contribution in [2.24, 2.45) is 5.41 Å². The van der Waals surface area contributed by atoms with E-state index in [1.54, 1.807) is 0 Å². The second-order valence-electron chi connectivity index (χ2n) is 5.34. The van der Waals surface area contributed by atoms with Crippen molar-refractivity contribution in [2.45, 2.75) is 44.7 Å². The molecule has 0 saturated heterocycles. The second kappa shape index (κ2) is 7.63. The summed E-state index contributed by atoms with van der Waals surface area (Å²) in [6.45, 7) is -1.72. The van der Waals surface area contributed by atoms with Crippen molar-refractivity contribution in [2.75, 3.05) is 19.8 Å². The van der Waals surface area contributed by atoms with Crippen molar-refractivity contribution in [1.82, 2.24) is 5.32 Å². The molecular weight excluding hydrogens is 291 g/mol. The monoisotopic (exact) mass is 311 g/mol. The zero-order valence-electron chi connectivity index (χ0n) is 11.7. The van der Waals surface area contributed by atoms with Crippen molar-refractivity contribution in [1.29, 1.82) is 0 Å². The van der Waals surface area contributed by atoms with Crippen molar-refractivity contribution >= 4 is 11.9 Å². The van der Waals surface area contributed by atoms with Gasteiger partial charge in [0.2, 0.25) is 5.91 Å². The fourth-order valence-electron chi connectivity index (χ4n) is 2.40. The third kappa shape index (κ3) is 6.33. The van der Waals surface area contributed by atoms with Crippen LogP contribution in [0.2, 0.25) is 0 Å². The zero-order valence-corrected chi connectivity index (χ0v) is 11.7. The molecule has 0 spiro atoms. The summed E-state index contributed by atoms with van der Waals surface area (Å²) in [7, 11) is 0. The van der Waals surface area contributed by atoms with Gasteiger partial charge in [-0.2, -0.15) is 13.2 Å². The Morgan fingerprint density at radius 2 is 1.81 bits per heavy atom. The number of hydrogen-bond donors (Lipinski definition) is 2. The molecule has 0 aliphatic heterocycles. The van der Waals surface area contributed by atoms with Crippen molar-refractivity contribution in [3.8, 4) is 0 Å². The van der Waals surface area contributed by atoms with Gasteiger partial charge in [-0.25, -0.2) is 0 Å². The number of aliphatic carboxylic acids is 1. The molecule has 0 aromatic rings. The van der Waals surface area contributed by atoms with Gasteiger partial charge in [0.25, 0.3) is 0 Å². The Labute approximate surface area is 120 Å². The molecule has 0 radical (unpaired) electrons. The Morgan fingerprint density at radius 1 is 1.19 bits per heavy atom. The molecule has 1 rings (SSSR count). The van der Waals surface area contributed by atoms with Crippen LogP contribution in [-0.2, 0) is 14.3 Å². The SMILES string of the molecule is O=C(CCOCC(F)(F)F)NCC1(C(=O)O)CCCCC1. The van der Waals surface area contributed by atoms with Gasteiger partial charge in [0.1, 0.15) is 6.61 Å². The summed E-state index contributed by atoms with van der Waals surface area (Å²) in [6.07, 6.45) is -1.03. The summed E-state index contributed by atoms with van der Waals surface area (Å²) >= 11 is 0. The van der Waals surface area contributed by atoms with Gasteiger partial charge in [0, 0.05) is 13.0 Å². The minimum absolute atomic E-state index is 0.0143. The van der Waals surface area contributed by atoms with Crippen LogP contribution in [0.25, 0.3) is 0 Å². The maximum atomic E-state index is 11.8. The van der Waals surface area contributed by atoms with E-state index in [2.05, 4.69) is 10.1 Å². The molecule has 0 bridgehead atoms. The molecule has 0 aromatic carbocycles. The molecule has 122 valence electrons. The van der Waals surface area contributed by atoms with E-state index >= 15 is 0 Å². The quantitative estimate of drug-likeness (QED) is 0.706. The van der Waals surface area contributed by atoms with Crippen molar-refractivity contribution in [3.63, 3.8) is 0 Å². The molecule has 0 atom stereocenters. The maximum absolute atomic E-state index is 11.8. The number of carbonyl (C=O) groups excluding carboxylic acids is 1. The van der Waals surface area contributed by atoms with Gasteiger partial charge in [0.15, 0.2) is 0 Å². The number of nitrogens with one attached hydrogen (secondary N) is 1. The lowest BCUT2D eigenvalue weighted by molar-refractivity contribution is -0.174. The van der Waals surface area contributed by atoms with Crippen LogP contribution >= 0.6 is 0 Å². The molecular formula is C13H20F3NO4. The summed E-state index contributed by atoms with van der Waals surface area (Å²) in [5, 5.41) is 11.8. The molecule has 1 aliphatic carbocycles. The number of carboxylic acid groups (broad SMARTS) is 1. The van der Waals surface area contributed by atoms with Crippen LogP contribution in [0.1, 0.15) is 38.5 Å². The van der Waals surface area contributed by atoms with Crippen molar-refractivity contribution < 1.29 is 32.6 Å². The molecule has 5 nitrogen and oxygen atoms in total. The molecule has 0 heterocycles. The number of alkyl halides is 3. The van der Waals surface area contributed by atoms with E-state index in [9.17, 15) is 27.9 Å². The molecule has 1 fully saturated rings. The van der Waals surface area contributed by atoms with Gasteiger partial charge in [-0.05, 0) is 12.8 Å². The molecule has 1 saturated carbocycles. The first-order valence-corrected chi connectivity index (χ1v) is 6.90. The topological polar surface area (TPSA) is 75.6 Å². The first-order valence-electron chi connectivity index (χ1n) is 6.90. The van der Waals surface area contributed by atoms with Gasteiger partial charge in [-0.15, -0.1) is 0 Å². The molecule has 1 aliphatic rings. The lowest BCUT2D eigenvalue weighted by Gasteiger charge is -2.33. The van der Waals surface area contributed by atoms with Gasteiger partial charge < -0.3 is 15.2 Å². The third-order valence-corrected chi connectivity index (χ3v) is 3.63. The van der Waals surface area contributed by atoms with Crippen LogP contribution in [0.5, 0.6) is 0 Å². The number of carboxylic acids is 1. The van der Waals surface area contributed by atoms with E-state index in [0.717, 1.165) is 19.3 Å². The number of halogens is 3. The number of ether oxygens (including phenoxy) is 1. The Balaban J connectivity index is 2.29. The highest BCUT2D eigenvalue weighted by molar-refractivity contribution is 5.79. The van der Waals surface area contributed by atoms with E-state index in [0.29, 0.717) is 12.8 Å². The summed E-state index contributed by atoms with van der Waals surface area (Å²) in [5.74, 6) is -1.43. The van der Waals surface area contributed by atoms with E-state index in [1.165, 1.54) is 0 Å². The predicted molar refractivity (Wildman–Crippen MR) is 67.7 cm³/mol. The molecule has 0 unspecified atom stereocenters. The largest absolute Gasteiger partial charge is 0.481 e. The van der Waals surface area contributed by atoms with Crippen LogP contribution in [0.15, 0.2) is 0 Å². The predicted octanol–water partition coefficient (Wildman–Crippen LogP) is 2.11. The van der Waals surface area contributed by atoms with E-state index in [-0.39, 0.29) is 19.6 Å². The van der Waals surface area contributed by atoms with Crippen LogP contribution in [-0.4, -0.2) is 42.9 Å². The van der Waals surface area contributed by atoms with Crippen LogP contribution in [0, 0.1) is 5.41 Å².